The largest absolute Gasteiger partial charge is 0.340 e. The Labute approximate surface area is 206 Å². The maximum Gasteiger partial charge on any atom is 0.223 e. The second kappa shape index (κ2) is 10.2. The predicted molar refractivity (Wildman–Crippen MR) is 137 cm³/mol. The van der Waals surface area contributed by atoms with Gasteiger partial charge in [-0.25, -0.2) is 4.98 Å². The lowest BCUT2D eigenvalue weighted by Gasteiger charge is -2.39. The van der Waals surface area contributed by atoms with Crippen molar-refractivity contribution < 1.29 is 9.59 Å². The topological polar surface area (TPSA) is 75.8 Å². The number of piperazine rings is 2. The molecule has 8 nitrogen and oxygen atoms in total. The van der Waals surface area contributed by atoms with Gasteiger partial charge in [0.2, 0.25) is 11.8 Å². The first-order valence-electron chi connectivity index (χ1n) is 12.5. The third kappa shape index (κ3) is 5.23. The first-order chi connectivity index (χ1) is 17.0. The van der Waals surface area contributed by atoms with Gasteiger partial charge < -0.3 is 24.6 Å². The van der Waals surface area contributed by atoms with Gasteiger partial charge >= 0.3 is 0 Å². The maximum absolute atomic E-state index is 13.2. The van der Waals surface area contributed by atoms with E-state index < -0.39 is 0 Å². The van der Waals surface area contributed by atoms with Gasteiger partial charge in [0.15, 0.2) is 0 Å². The van der Waals surface area contributed by atoms with E-state index in [1.54, 1.807) is 0 Å². The summed E-state index contributed by atoms with van der Waals surface area (Å²) in [5.41, 5.74) is 2.01. The average Bonchev–Trinajstić information content (AvgIpc) is 3.37. The van der Waals surface area contributed by atoms with Crippen molar-refractivity contribution in [2.45, 2.75) is 18.9 Å². The van der Waals surface area contributed by atoms with Crippen molar-refractivity contribution in [3.8, 4) is 11.3 Å². The zero-order valence-corrected chi connectivity index (χ0v) is 20.6. The van der Waals surface area contributed by atoms with Crippen LogP contribution in [0.2, 0.25) is 0 Å². The summed E-state index contributed by atoms with van der Waals surface area (Å²) in [6.45, 7) is 5.41. The molecule has 1 unspecified atom stereocenters. The molecule has 2 fully saturated rings. The van der Waals surface area contributed by atoms with Gasteiger partial charge in [-0.3, -0.25) is 9.59 Å². The number of carbonyl (C=O) groups is 2. The molecule has 0 bridgehead atoms. The van der Waals surface area contributed by atoms with Crippen molar-refractivity contribution in [2.24, 2.45) is 0 Å². The van der Waals surface area contributed by atoms with Crippen LogP contribution in [0.4, 0.5) is 0 Å². The van der Waals surface area contributed by atoms with Gasteiger partial charge in [-0.05, 0) is 30.9 Å². The van der Waals surface area contributed by atoms with Crippen LogP contribution in [0.3, 0.4) is 0 Å². The molecule has 0 spiro atoms. The highest BCUT2D eigenvalue weighted by Crippen LogP contribution is 2.28. The highest BCUT2D eigenvalue weighted by atomic mass is 16.2. The summed E-state index contributed by atoms with van der Waals surface area (Å²) in [6.07, 6.45) is 2.36. The highest BCUT2D eigenvalue weighted by Gasteiger charge is 2.32. The van der Waals surface area contributed by atoms with E-state index in [9.17, 15) is 9.59 Å². The summed E-state index contributed by atoms with van der Waals surface area (Å²) >= 11 is 0. The Hall–Kier alpha value is -3.23. The van der Waals surface area contributed by atoms with Crippen LogP contribution < -0.4 is 0 Å². The first-order valence-corrected chi connectivity index (χ1v) is 12.5. The molecule has 3 heterocycles. The molecule has 35 heavy (non-hydrogen) atoms. The number of aromatic nitrogens is 2. The molecule has 2 aliphatic heterocycles. The van der Waals surface area contributed by atoms with Gasteiger partial charge in [-0.2, -0.15) is 0 Å². The zero-order chi connectivity index (χ0) is 24.4. The van der Waals surface area contributed by atoms with Gasteiger partial charge in [0.25, 0.3) is 0 Å². The number of nitrogens with one attached hydrogen (secondary N) is 1. The minimum atomic E-state index is -0.158. The van der Waals surface area contributed by atoms with Crippen LogP contribution in [-0.2, 0) is 9.59 Å². The summed E-state index contributed by atoms with van der Waals surface area (Å²) in [5, 5.41) is 2.38. The molecule has 2 amide bonds. The normalized spacial score (nSPS) is 19.9. The number of imidazole rings is 1. The molecule has 0 radical (unpaired) electrons. The lowest BCUT2D eigenvalue weighted by molar-refractivity contribution is -0.140. The van der Waals surface area contributed by atoms with Crippen molar-refractivity contribution in [3.05, 3.63) is 54.5 Å². The van der Waals surface area contributed by atoms with Gasteiger partial charge in [-0.15, -0.1) is 0 Å². The Balaban J connectivity index is 1.28. The fourth-order valence-corrected chi connectivity index (χ4v) is 5.03. The number of H-pyrrole nitrogens is 1. The number of carbonyl (C=O) groups excluding carboxylic acids is 2. The van der Waals surface area contributed by atoms with Crippen LogP contribution in [-0.4, -0.2) is 101 Å². The standard InChI is InChI=1S/C27H34N6O2/c1-30-11-14-32(15-12-30)25(34)9-10-26(35)33-16-13-31(2)19-24(33)27-28-18-23(29-27)22-8-7-20-5-3-4-6-21(20)17-22/h3-8,17-18,24H,9-16,19H2,1-2H3,(H,28,29). The second-order valence-corrected chi connectivity index (χ2v) is 9.79. The fourth-order valence-electron chi connectivity index (χ4n) is 5.03. The summed E-state index contributed by atoms with van der Waals surface area (Å²) in [4.78, 5) is 42.3. The Morgan fingerprint density at radius 3 is 2.40 bits per heavy atom. The average molecular weight is 475 g/mol. The number of aromatic amines is 1. The van der Waals surface area contributed by atoms with Gasteiger partial charge in [-0.1, -0.05) is 36.4 Å². The SMILES string of the molecule is CN1CCN(C(=O)CCC(=O)N2CCN(C)CC2c2ncc(-c3ccc4ccccc4c3)[nH]2)CC1. The van der Waals surface area contributed by atoms with Gasteiger partial charge in [0, 0.05) is 64.2 Å². The third-order valence-corrected chi connectivity index (χ3v) is 7.28. The van der Waals surface area contributed by atoms with Crippen molar-refractivity contribution in [3.63, 3.8) is 0 Å². The second-order valence-electron chi connectivity index (χ2n) is 9.79. The Morgan fingerprint density at radius 1 is 0.886 bits per heavy atom. The van der Waals surface area contributed by atoms with E-state index in [-0.39, 0.29) is 30.7 Å². The van der Waals surface area contributed by atoms with E-state index >= 15 is 0 Å². The number of hydrogen-bond donors (Lipinski definition) is 1. The van der Waals surface area contributed by atoms with Crippen LogP contribution >= 0.6 is 0 Å². The molecule has 2 saturated heterocycles. The molecule has 1 atom stereocenters. The molecular formula is C27H34N6O2. The molecule has 0 aliphatic carbocycles. The zero-order valence-electron chi connectivity index (χ0n) is 20.6. The number of amides is 2. The van der Waals surface area contributed by atoms with E-state index in [4.69, 9.17) is 0 Å². The first kappa shape index (κ1) is 23.5. The molecule has 1 aromatic heterocycles. The summed E-state index contributed by atoms with van der Waals surface area (Å²) < 4.78 is 0. The maximum atomic E-state index is 13.2. The van der Waals surface area contributed by atoms with Crippen molar-refractivity contribution in [1.29, 1.82) is 0 Å². The van der Waals surface area contributed by atoms with E-state index in [1.165, 1.54) is 10.8 Å². The molecule has 1 N–H and O–H groups in total. The molecule has 8 heteroatoms. The Morgan fingerprint density at radius 2 is 1.60 bits per heavy atom. The smallest absolute Gasteiger partial charge is 0.223 e. The summed E-state index contributed by atoms with van der Waals surface area (Å²) in [5.74, 6) is 0.890. The lowest BCUT2D eigenvalue weighted by atomic mass is 10.1. The quantitative estimate of drug-likeness (QED) is 0.615. The lowest BCUT2D eigenvalue weighted by Crippen LogP contribution is -2.50. The predicted octanol–water partition coefficient (Wildman–Crippen LogP) is 2.60. The van der Waals surface area contributed by atoms with Gasteiger partial charge in [0.1, 0.15) is 11.9 Å². The van der Waals surface area contributed by atoms with Crippen molar-refractivity contribution in [2.75, 3.05) is 59.9 Å². The summed E-state index contributed by atoms with van der Waals surface area (Å²) in [7, 11) is 4.14. The fraction of sp³-hybridized carbons (Fsp3) is 0.444. The summed E-state index contributed by atoms with van der Waals surface area (Å²) in [6, 6.07) is 14.5. The molecule has 184 valence electrons. The van der Waals surface area contributed by atoms with Crippen LogP contribution in [0.25, 0.3) is 22.0 Å². The van der Waals surface area contributed by atoms with E-state index in [2.05, 4.69) is 64.2 Å². The molecule has 0 saturated carbocycles. The molecular weight excluding hydrogens is 440 g/mol. The number of nitrogens with zero attached hydrogens (tertiary/aromatic N) is 5. The molecule has 5 rings (SSSR count). The van der Waals surface area contributed by atoms with E-state index in [0.717, 1.165) is 49.8 Å². The highest BCUT2D eigenvalue weighted by molar-refractivity contribution is 5.87. The Kier molecular flexibility index (Phi) is 6.83. The number of fused-ring (bicyclic) bond motifs is 1. The van der Waals surface area contributed by atoms with Crippen LogP contribution in [0.1, 0.15) is 24.7 Å². The third-order valence-electron chi connectivity index (χ3n) is 7.28. The number of hydrogen-bond acceptors (Lipinski definition) is 5. The number of likely N-dealkylation sites (N-methyl/N-ethyl adjacent to an activating group) is 2. The molecule has 2 aliphatic rings. The van der Waals surface area contributed by atoms with E-state index in [1.807, 2.05) is 28.1 Å². The van der Waals surface area contributed by atoms with Gasteiger partial charge in [0.05, 0.1) is 11.9 Å². The van der Waals surface area contributed by atoms with Crippen LogP contribution in [0.5, 0.6) is 0 Å². The molecule has 3 aromatic rings. The number of benzene rings is 2. The number of rotatable bonds is 5. The molecule has 2 aromatic carbocycles. The van der Waals surface area contributed by atoms with Crippen LogP contribution in [0, 0.1) is 0 Å². The Bertz CT molecular complexity index is 1200. The monoisotopic (exact) mass is 474 g/mol. The van der Waals surface area contributed by atoms with Crippen molar-refractivity contribution in [1.82, 2.24) is 29.6 Å². The van der Waals surface area contributed by atoms with E-state index in [0.29, 0.717) is 13.1 Å². The minimum Gasteiger partial charge on any atom is -0.340 e. The van der Waals surface area contributed by atoms with Crippen LogP contribution in [0.15, 0.2) is 48.7 Å². The minimum absolute atomic E-state index is 0.0224. The van der Waals surface area contributed by atoms with Crippen molar-refractivity contribution >= 4 is 22.6 Å².